The highest BCUT2D eigenvalue weighted by atomic mass is 35.5. The molecule has 0 atom stereocenters. The average Bonchev–Trinajstić information content (AvgIpc) is 2.37. The number of rotatable bonds is 2. The molecule has 0 fully saturated rings. The highest BCUT2D eigenvalue weighted by Gasteiger charge is 2.18. The van der Waals surface area contributed by atoms with Gasteiger partial charge in [-0.25, -0.2) is 4.39 Å². The number of para-hydroxylation sites is 1. The van der Waals surface area contributed by atoms with E-state index in [1.807, 2.05) is 0 Å². The van der Waals surface area contributed by atoms with E-state index in [9.17, 15) is 9.18 Å². The van der Waals surface area contributed by atoms with Crippen LogP contribution in [0.4, 0.5) is 10.1 Å². The van der Waals surface area contributed by atoms with Crippen molar-refractivity contribution >= 4 is 46.4 Å². The Kier molecular flexibility index (Phi) is 4.30. The Labute approximate surface area is 124 Å². The summed E-state index contributed by atoms with van der Waals surface area (Å²) in [4.78, 5) is 12.1. The second-order valence-electron chi connectivity index (χ2n) is 3.65. The summed E-state index contributed by atoms with van der Waals surface area (Å²) in [5, 5.41) is 2.77. The predicted molar refractivity (Wildman–Crippen MR) is 75.8 cm³/mol. The SMILES string of the molecule is O=C(Nc1ccccc1F)c1c(Cl)ccc(Cl)c1Cl. The quantitative estimate of drug-likeness (QED) is 0.772. The highest BCUT2D eigenvalue weighted by Crippen LogP contribution is 2.32. The molecule has 1 amide bonds. The van der Waals surface area contributed by atoms with Gasteiger partial charge < -0.3 is 5.32 Å². The molecule has 2 aromatic carbocycles. The molecule has 98 valence electrons. The van der Waals surface area contributed by atoms with Crippen LogP contribution in [0.25, 0.3) is 0 Å². The third-order valence-electron chi connectivity index (χ3n) is 2.39. The monoisotopic (exact) mass is 317 g/mol. The van der Waals surface area contributed by atoms with Crippen molar-refractivity contribution in [3.63, 3.8) is 0 Å². The van der Waals surface area contributed by atoms with Gasteiger partial charge in [-0.3, -0.25) is 4.79 Å². The Bertz CT molecular complexity index is 646. The molecule has 0 saturated heterocycles. The minimum Gasteiger partial charge on any atom is -0.319 e. The fourth-order valence-corrected chi connectivity index (χ4v) is 2.18. The van der Waals surface area contributed by atoms with Gasteiger partial charge in [0.25, 0.3) is 5.91 Å². The molecule has 0 radical (unpaired) electrons. The van der Waals surface area contributed by atoms with Gasteiger partial charge in [0.1, 0.15) is 5.82 Å². The highest BCUT2D eigenvalue weighted by molar-refractivity contribution is 6.46. The van der Waals surface area contributed by atoms with E-state index in [2.05, 4.69) is 5.32 Å². The predicted octanol–water partition coefficient (Wildman–Crippen LogP) is 5.04. The van der Waals surface area contributed by atoms with Gasteiger partial charge in [0, 0.05) is 0 Å². The van der Waals surface area contributed by atoms with Crippen LogP contribution in [0.2, 0.25) is 15.1 Å². The molecule has 19 heavy (non-hydrogen) atoms. The summed E-state index contributed by atoms with van der Waals surface area (Å²) in [6.45, 7) is 0. The zero-order chi connectivity index (χ0) is 14.0. The van der Waals surface area contributed by atoms with Gasteiger partial charge in [0.15, 0.2) is 0 Å². The zero-order valence-electron chi connectivity index (χ0n) is 9.38. The van der Waals surface area contributed by atoms with Crippen LogP contribution in [0.5, 0.6) is 0 Å². The molecule has 0 spiro atoms. The third kappa shape index (κ3) is 3.00. The molecule has 1 N–H and O–H groups in total. The minimum absolute atomic E-state index is 0.0130. The molecule has 0 unspecified atom stereocenters. The Hall–Kier alpha value is -1.29. The lowest BCUT2D eigenvalue weighted by Gasteiger charge is -2.10. The molecular weight excluding hydrogens is 312 g/mol. The summed E-state index contributed by atoms with van der Waals surface area (Å²) < 4.78 is 13.4. The molecule has 0 aliphatic heterocycles. The summed E-state index contributed by atoms with van der Waals surface area (Å²) in [5.41, 5.74) is 0.0543. The van der Waals surface area contributed by atoms with E-state index in [0.717, 1.165) is 0 Å². The van der Waals surface area contributed by atoms with Crippen molar-refractivity contribution in [2.75, 3.05) is 5.32 Å². The molecule has 0 bridgehead atoms. The number of carbonyl (C=O) groups is 1. The molecule has 2 rings (SSSR count). The molecule has 2 nitrogen and oxygen atoms in total. The normalized spacial score (nSPS) is 10.3. The van der Waals surface area contributed by atoms with E-state index in [4.69, 9.17) is 34.8 Å². The molecule has 0 saturated carbocycles. The Morgan fingerprint density at radius 2 is 1.63 bits per heavy atom. The van der Waals surface area contributed by atoms with Gasteiger partial charge >= 0.3 is 0 Å². The van der Waals surface area contributed by atoms with Gasteiger partial charge in [-0.15, -0.1) is 0 Å². The van der Waals surface area contributed by atoms with E-state index >= 15 is 0 Å². The van der Waals surface area contributed by atoms with Gasteiger partial charge in [-0.1, -0.05) is 46.9 Å². The molecular formula is C13H7Cl3FNO. The number of anilines is 1. The Morgan fingerprint density at radius 3 is 2.32 bits per heavy atom. The minimum atomic E-state index is -0.623. The lowest BCUT2D eigenvalue weighted by atomic mass is 10.2. The first kappa shape index (κ1) is 14.1. The first-order chi connectivity index (χ1) is 9.00. The lowest BCUT2D eigenvalue weighted by molar-refractivity contribution is 0.102. The van der Waals surface area contributed by atoms with Gasteiger partial charge in [0.2, 0.25) is 0 Å². The first-order valence-corrected chi connectivity index (χ1v) is 6.33. The zero-order valence-corrected chi connectivity index (χ0v) is 11.7. The van der Waals surface area contributed by atoms with Crippen LogP contribution in [-0.4, -0.2) is 5.91 Å². The van der Waals surface area contributed by atoms with Crippen molar-refractivity contribution in [1.82, 2.24) is 0 Å². The average molecular weight is 319 g/mol. The number of carbonyl (C=O) groups excluding carboxylic acids is 1. The lowest BCUT2D eigenvalue weighted by Crippen LogP contribution is -2.14. The molecule has 6 heteroatoms. The van der Waals surface area contributed by atoms with Gasteiger partial charge in [-0.2, -0.15) is 0 Å². The molecule has 0 aliphatic carbocycles. The summed E-state index contributed by atoms with van der Waals surface area (Å²) in [6.07, 6.45) is 0. The van der Waals surface area contributed by atoms with Crippen molar-refractivity contribution in [3.05, 3.63) is 62.8 Å². The van der Waals surface area contributed by atoms with Crippen molar-refractivity contribution in [3.8, 4) is 0 Å². The summed E-state index contributed by atoms with van der Waals surface area (Å²) in [6, 6.07) is 8.71. The van der Waals surface area contributed by atoms with Crippen molar-refractivity contribution in [2.24, 2.45) is 0 Å². The van der Waals surface area contributed by atoms with Gasteiger partial charge in [0.05, 0.1) is 26.3 Å². The maximum atomic E-state index is 13.4. The molecule has 0 aromatic heterocycles. The fraction of sp³-hybridized carbons (Fsp3) is 0. The van der Waals surface area contributed by atoms with E-state index in [1.54, 1.807) is 6.07 Å². The number of amides is 1. The van der Waals surface area contributed by atoms with Crippen molar-refractivity contribution in [1.29, 1.82) is 0 Å². The first-order valence-electron chi connectivity index (χ1n) is 5.20. The molecule has 0 aliphatic rings. The smallest absolute Gasteiger partial charge is 0.258 e. The van der Waals surface area contributed by atoms with Gasteiger partial charge in [-0.05, 0) is 24.3 Å². The second-order valence-corrected chi connectivity index (χ2v) is 4.84. The summed E-state index contributed by atoms with van der Waals surface area (Å²) in [5.74, 6) is -1.17. The van der Waals surface area contributed by atoms with Crippen LogP contribution in [0.3, 0.4) is 0 Å². The fourth-order valence-electron chi connectivity index (χ4n) is 1.48. The van der Waals surface area contributed by atoms with E-state index in [1.165, 1.54) is 30.3 Å². The van der Waals surface area contributed by atoms with Crippen LogP contribution in [0, 0.1) is 5.82 Å². The van der Waals surface area contributed by atoms with Crippen LogP contribution in [0.15, 0.2) is 36.4 Å². The van der Waals surface area contributed by atoms with E-state index in [0.29, 0.717) is 0 Å². The van der Waals surface area contributed by atoms with E-state index in [-0.39, 0.29) is 26.3 Å². The third-order valence-corrected chi connectivity index (χ3v) is 3.51. The van der Waals surface area contributed by atoms with Crippen LogP contribution in [-0.2, 0) is 0 Å². The summed E-state index contributed by atoms with van der Waals surface area (Å²) >= 11 is 17.7. The number of hydrogen-bond donors (Lipinski definition) is 1. The van der Waals surface area contributed by atoms with Crippen LogP contribution < -0.4 is 5.32 Å². The van der Waals surface area contributed by atoms with Crippen molar-refractivity contribution < 1.29 is 9.18 Å². The number of halogens is 4. The standard InChI is InChI=1S/C13H7Cl3FNO/c14-7-5-6-8(15)12(16)11(7)13(19)18-10-4-2-1-3-9(10)17/h1-6H,(H,18,19). The molecule has 2 aromatic rings. The summed E-state index contributed by atoms with van der Waals surface area (Å²) in [7, 11) is 0. The Balaban J connectivity index is 2.36. The molecule has 0 heterocycles. The topological polar surface area (TPSA) is 29.1 Å². The van der Waals surface area contributed by atoms with E-state index < -0.39 is 11.7 Å². The maximum Gasteiger partial charge on any atom is 0.258 e. The number of benzene rings is 2. The van der Waals surface area contributed by atoms with Crippen LogP contribution in [0.1, 0.15) is 10.4 Å². The number of nitrogens with one attached hydrogen (secondary N) is 1. The van der Waals surface area contributed by atoms with Crippen LogP contribution >= 0.6 is 34.8 Å². The second kappa shape index (κ2) is 5.78. The maximum absolute atomic E-state index is 13.4. The Morgan fingerprint density at radius 1 is 1.00 bits per heavy atom. The largest absolute Gasteiger partial charge is 0.319 e. The van der Waals surface area contributed by atoms with Crippen molar-refractivity contribution in [2.45, 2.75) is 0 Å². The number of hydrogen-bond acceptors (Lipinski definition) is 1.